The lowest BCUT2D eigenvalue weighted by molar-refractivity contribution is -0.134. The highest BCUT2D eigenvalue weighted by molar-refractivity contribution is 6.30. The minimum Gasteiger partial charge on any atom is -0.491 e. The molecule has 0 radical (unpaired) electrons. The zero-order valence-electron chi connectivity index (χ0n) is 16.9. The molecule has 0 aliphatic heterocycles. The van der Waals surface area contributed by atoms with Gasteiger partial charge in [0.2, 0.25) is 5.91 Å². The fraction of sp³-hybridized carbons (Fsp3) is 0.381. The highest BCUT2D eigenvalue weighted by Gasteiger charge is 2.01. The van der Waals surface area contributed by atoms with E-state index in [0.717, 1.165) is 31.4 Å². The molecule has 9 heteroatoms. The van der Waals surface area contributed by atoms with Gasteiger partial charge in [-0.05, 0) is 49.2 Å². The molecule has 8 nitrogen and oxygen atoms in total. The van der Waals surface area contributed by atoms with Gasteiger partial charge in [-0.15, -0.1) is 0 Å². The molecule has 0 atom stereocenters. The number of hydroxylamine groups is 1. The Balaban J connectivity index is 1.41. The second-order valence-corrected chi connectivity index (χ2v) is 6.90. The standard InChI is InChI=1S/C21H28ClN5O3/c22-17-6-8-19(9-7-17)29-15-16-30-27-20(28)5-3-1-2-4-12-25-21(23)26-18-10-13-24-14-11-18/h6-11,13-14H,1-5,12,15-16H2,(H,27,28)(H3,23,24,25,26). The quantitative estimate of drug-likeness (QED) is 0.193. The first kappa shape index (κ1) is 23.4. The number of pyridine rings is 1. The fourth-order valence-corrected chi connectivity index (χ4v) is 2.61. The van der Waals surface area contributed by atoms with Crippen molar-refractivity contribution in [2.75, 3.05) is 25.1 Å². The molecule has 0 aliphatic rings. The van der Waals surface area contributed by atoms with Crippen LogP contribution in [0.5, 0.6) is 5.75 Å². The number of amides is 1. The molecule has 30 heavy (non-hydrogen) atoms. The van der Waals surface area contributed by atoms with E-state index >= 15 is 0 Å². The van der Waals surface area contributed by atoms with Crippen LogP contribution in [0, 0.1) is 0 Å². The number of hydrogen-bond acceptors (Lipinski definition) is 5. The van der Waals surface area contributed by atoms with Gasteiger partial charge in [0.15, 0.2) is 5.96 Å². The van der Waals surface area contributed by atoms with Crippen LogP contribution >= 0.6 is 11.6 Å². The Morgan fingerprint density at radius 2 is 1.77 bits per heavy atom. The summed E-state index contributed by atoms with van der Waals surface area (Å²) in [6, 6.07) is 10.7. The van der Waals surface area contributed by atoms with Crippen molar-refractivity contribution in [2.45, 2.75) is 32.1 Å². The van der Waals surface area contributed by atoms with Crippen molar-refractivity contribution in [2.24, 2.45) is 10.7 Å². The van der Waals surface area contributed by atoms with E-state index in [1.165, 1.54) is 0 Å². The average molecular weight is 434 g/mol. The zero-order valence-corrected chi connectivity index (χ0v) is 17.6. The number of carbonyl (C=O) groups is 1. The lowest BCUT2D eigenvalue weighted by Crippen LogP contribution is -2.25. The number of nitrogens with one attached hydrogen (secondary N) is 2. The third-order valence-corrected chi connectivity index (χ3v) is 4.25. The molecule has 0 spiro atoms. The molecule has 0 saturated heterocycles. The van der Waals surface area contributed by atoms with Crippen molar-refractivity contribution in [3.63, 3.8) is 0 Å². The number of carbonyl (C=O) groups excluding carboxylic acids is 1. The van der Waals surface area contributed by atoms with Gasteiger partial charge in [-0.3, -0.25) is 19.6 Å². The molecule has 0 bridgehead atoms. The van der Waals surface area contributed by atoms with Gasteiger partial charge in [0, 0.05) is 36.1 Å². The molecule has 0 saturated carbocycles. The second kappa shape index (κ2) is 14.2. The third-order valence-electron chi connectivity index (χ3n) is 4.00. The predicted molar refractivity (Wildman–Crippen MR) is 118 cm³/mol. The molecule has 0 fully saturated rings. The maximum absolute atomic E-state index is 11.7. The number of aromatic nitrogens is 1. The molecule has 2 aromatic rings. The van der Waals surface area contributed by atoms with E-state index in [1.54, 1.807) is 36.7 Å². The number of halogens is 1. The Morgan fingerprint density at radius 1 is 1.03 bits per heavy atom. The molecule has 0 unspecified atom stereocenters. The molecule has 2 rings (SSSR count). The number of anilines is 1. The van der Waals surface area contributed by atoms with Crippen molar-refractivity contribution >= 4 is 29.2 Å². The summed E-state index contributed by atoms with van der Waals surface area (Å²) in [5.74, 6) is 0.955. The van der Waals surface area contributed by atoms with E-state index in [4.69, 9.17) is 26.9 Å². The molecule has 1 aromatic heterocycles. The molecule has 4 N–H and O–H groups in total. The van der Waals surface area contributed by atoms with Crippen LogP contribution in [-0.4, -0.2) is 36.6 Å². The Labute approximate surface area is 181 Å². The van der Waals surface area contributed by atoms with Crippen molar-refractivity contribution in [1.29, 1.82) is 0 Å². The SMILES string of the molecule is NC(=NCCCCCCC(=O)NOCCOc1ccc(Cl)cc1)Nc1ccncc1. The number of benzene rings is 1. The summed E-state index contributed by atoms with van der Waals surface area (Å²) in [7, 11) is 0. The highest BCUT2D eigenvalue weighted by atomic mass is 35.5. The zero-order chi connectivity index (χ0) is 21.4. The number of nitrogens with two attached hydrogens (primary N) is 1. The van der Waals surface area contributed by atoms with Crippen molar-refractivity contribution in [3.8, 4) is 5.75 Å². The van der Waals surface area contributed by atoms with E-state index in [9.17, 15) is 4.79 Å². The lowest BCUT2D eigenvalue weighted by atomic mass is 10.1. The van der Waals surface area contributed by atoms with Crippen molar-refractivity contribution in [3.05, 3.63) is 53.8 Å². The summed E-state index contributed by atoms with van der Waals surface area (Å²) < 4.78 is 5.47. The van der Waals surface area contributed by atoms with Crippen molar-refractivity contribution < 1.29 is 14.4 Å². The van der Waals surface area contributed by atoms with E-state index < -0.39 is 0 Å². The van der Waals surface area contributed by atoms with Gasteiger partial charge < -0.3 is 15.8 Å². The second-order valence-electron chi connectivity index (χ2n) is 6.47. The minimum absolute atomic E-state index is 0.134. The summed E-state index contributed by atoms with van der Waals surface area (Å²) >= 11 is 5.80. The van der Waals surface area contributed by atoms with Gasteiger partial charge in [0.25, 0.3) is 0 Å². The maximum atomic E-state index is 11.7. The molecule has 162 valence electrons. The summed E-state index contributed by atoms with van der Waals surface area (Å²) in [6.45, 7) is 1.25. The number of ether oxygens (including phenoxy) is 1. The third kappa shape index (κ3) is 10.6. The van der Waals surface area contributed by atoms with E-state index in [-0.39, 0.29) is 12.5 Å². The summed E-state index contributed by atoms with van der Waals surface area (Å²) in [5.41, 5.74) is 9.12. The van der Waals surface area contributed by atoms with E-state index in [1.807, 2.05) is 12.1 Å². The number of rotatable bonds is 13. The Hall–Kier alpha value is -2.84. The molecule has 1 amide bonds. The van der Waals surface area contributed by atoms with Crippen LogP contribution < -0.4 is 21.3 Å². The lowest BCUT2D eigenvalue weighted by Gasteiger charge is -2.08. The molecular weight excluding hydrogens is 406 g/mol. The van der Waals surface area contributed by atoms with Crippen LogP contribution in [0.1, 0.15) is 32.1 Å². The van der Waals surface area contributed by atoms with Crippen LogP contribution in [0.15, 0.2) is 53.8 Å². The van der Waals surface area contributed by atoms with Gasteiger partial charge in [0.1, 0.15) is 19.0 Å². The van der Waals surface area contributed by atoms with Gasteiger partial charge in [-0.25, -0.2) is 5.48 Å². The van der Waals surface area contributed by atoms with Crippen LogP contribution in [0.3, 0.4) is 0 Å². The first-order valence-corrected chi connectivity index (χ1v) is 10.3. The molecule has 1 heterocycles. The van der Waals surface area contributed by atoms with Crippen LogP contribution in [0.2, 0.25) is 5.02 Å². The largest absolute Gasteiger partial charge is 0.491 e. The first-order chi connectivity index (χ1) is 14.6. The van der Waals surface area contributed by atoms with Crippen LogP contribution in [0.25, 0.3) is 0 Å². The van der Waals surface area contributed by atoms with Gasteiger partial charge >= 0.3 is 0 Å². The van der Waals surface area contributed by atoms with Gasteiger partial charge in [-0.2, -0.15) is 0 Å². The Kier molecular flexibility index (Phi) is 11.1. The number of aliphatic imine (C=N–C) groups is 1. The summed E-state index contributed by atoms with van der Waals surface area (Å²) in [4.78, 5) is 25.1. The normalized spacial score (nSPS) is 11.2. The molecule has 1 aromatic carbocycles. The summed E-state index contributed by atoms with van der Waals surface area (Å²) in [5, 5.41) is 3.66. The first-order valence-electron chi connectivity index (χ1n) is 9.89. The smallest absolute Gasteiger partial charge is 0.243 e. The number of unbranched alkanes of at least 4 members (excludes halogenated alkanes) is 3. The predicted octanol–water partition coefficient (Wildman–Crippen LogP) is 3.54. The number of nitrogens with zero attached hydrogens (tertiary/aromatic N) is 2. The topological polar surface area (TPSA) is 111 Å². The average Bonchev–Trinajstić information content (AvgIpc) is 2.75. The summed E-state index contributed by atoms with van der Waals surface area (Å²) in [6.07, 6.45) is 7.43. The van der Waals surface area contributed by atoms with Gasteiger partial charge in [0.05, 0.1) is 0 Å². The maximum Gasteiger partial charge on any atom is 0.243 e. The highest BCUT2D eigenvalue weighted by Crippen LogP contribution is 2.15. The molecular formula is C21H28ClN5O3. The van der Waals surface area contributed by atoms with E-state index in [2.05, 4.69) is 20.8 Å². The van der Waals surface area contributed by atoms with Crippen molar-refractivity contribution in [1.82, 2.24) is 10.5 Å². The van der Waals surface area contributed by atoms with Crippen LogP contribution in [0.4, 0.5) is 5.69 Å². The number of guanidine groups is 1. The Morgan fingerprint density at radius 3 is 2.53 bits per heavy atom. The fourth-order valence-electron chi connectivity index (χ4n) is 2.49. The van der Waals surface area contributed by atoms with E-state index in [0.29, 0.717) is 36.3 Å². The Bertz CT molecular complexity index is 772. The van der Waals surface area contributed by atoms with Gasteiger partial charge in [-0.1, -0.05) is 24.4 Å². The minimum atomic E-state index is -0.134. The molecule has 0 aliphatic carbocycles. The van der Waals surface area contributed by atoms with Crippen LogP contribution in [-0.2, 0) is 9.63 Å². The monoisotopic (exact) mass is 433 g/mol. The number of hydrogen-bond donors (Lipinski definition) is 3.